The number of hydrogen-bond donors (Lipinski definition) is 1. The molecule has 0 aromatic heterocycles. The maximum Gasteiger partial charge on any atom is 0.246 e. The molecule has 0 fully saturated rings. The van der Waals surface area contributed by atoms with Gasteiger partial charge in [-0.1, -0.05) is 29.8 Å². The molecule has 0 saturated heterocycles. The van der Waals surface area contributed by atoms with E-state index in [4.69, 9.17) is 0 Å². The molecule has 4 nitrogen and oxygen atoms in total. The number of amides is 2. The molecule has 0 radical (unpaired) electrons. The molecule has 0 aliphatic heterocycles. The molecule has 0 heterocycles. The van der Waals surface area contributed by atoms with Crippen LogP contribution in [0.1, 0.15) is 11.1 Å². The summed E-state index contributed by atoms with van der Waals surface area (Å²) >= 11 is 0. The van der Waals surface area contributed by atoms with Gasteiger partial charge in [0, 0.05) is 18.8 Å². The van der Waals surface area contributed by atoms with Crippen LogP contribution in [-0.4, -0.2) is 30.3 Å². The topological polar surface area (TPSA) is 49.4 Å². The van der Waals surface area contributed by atoms with E-state index >= 15 is 0 Å². The molecule has 0 atom stereocenters. The van der Waals surface area contributed by atoms with Gasteiger partial charge in [-0.2, -0.15) is 0 Å². The van der Waals surface area contributed by atoms with Crippen molar-refractivity contribution in [2.75, 3.05) is 18.9 Å². The van der Waals surface area contributed by atoms with Crippen LogP contribution in [0.5, 0.6) is 0 Å². The first-order chi connectivity index (χ1) is 11.4. The molecule has 0 bridgehead atoms. The maximum absolute atomic E-state index is 12.8. The molecular weight excluding hydrogens is 307 g/mol. The highest BCUT2D eigenvalue weighted by Crippen LogP contribution is 2.09. The first-order valence-corrected chi connectivity index (χ1v) is 7.49. The average Bonchev–Trinajstić information content (AvgIpc) is 2.56. The maximum atomic E-state index is 12.8. The summed E-state index contributed by atoms with van der Waals surface area (Å²) in [7, 11) is 1.55. The van der Waals surface area contributed by atoms with Crippen LogP contribution in [0.3, 0.4) is 0 Å². The zero-order chi connectivity index (χ0) is 17.5. The minimum absolute atomic E-state index is 0.0551. The Labute approximate surface area is 140 Å². The van der Waals surface area contributed by atoms with Crippen LogP contribution < -0.4 is 5.32 Å². The number of hydrogen-bond acceptors (Lipinski definition) is 2. The van der Waals surface area contributed by atoms with E-state index in [2.05, 4.69) is 5.32 Å². The van der Waals surface area contributed by atoms with E-state index in [1.165, 1.54) is 23.1 Å². The van der Waals surface area contributed by atoms with E-state index in [0.717, 1.165) is 5.56 Å². The average molecular weight is 326 g/mol. The predicted octanol–water partition coefficient (Wildman–Crippen LogP) is 3.24. The largest absolute Gasteiger partial charge is 0.333 e. The van der Waals surface area contributed by atoms with Gasteiger partial charge in [0.25, 0.3) is 0 Å². The normalized spacial score (nSPS) is 10.6. The lowest BCUT2D eigenvalue weighted by Crippen LogP contribution is -2.33. The second-order valence-electron chi connectivity index (χ2n) is 5.49. The van der Waals surface area contributed by atoms with Crippen molar-refractivity contribution in [1.29, 1.82) is 0 Å². The van der Waals surface area contributed by atoms with Crippen molar-refractivity contribution in [1.82, 2.24) is 4.90 Å². The summed E-state index contributed by atoms with van der Waals surface area (Å²) in [6.45, 7) is 1.91. The number of halogens is 1. The number of anilines is 1. The van der Waals surface area contributed by atoms with Crippen molar-refractivity contribution < 1.29 is 14.0 Å². The Morgan fingerprint density at radius 2 is 1.71 bits per heavy atom. The number of aryl methyl sites for hydroxylation is 1. The summed E-state index contributed by atoms with van der Waals surface area (Å²) in [6, 6.07) is 13.2. The molecule has 2 amide bonds. The summed E-state index contributed by atoms with van der Waals surface area (Å²) < 4.78 is 12.8. The van der Waals surface area contributed by atoms with Gasteiger partial charge >= 0.3 is 0 Å². The van der Waals surface area contributed by atoms with Gasteiger partial charge in [-0.3, -0.25) is 9.59 Å². The molecule has 1 N–H and O–H groups in total. The number of carbonyl (C=O) groups excluding carboxylic acids is 2. The third kappa shape index (κ3) is 5.35. The quantitative estimate of drug-likeness (QED) is 0.858. The highest BCUT2D eigenvalue weighted by atomic mass is 19.1. The number of nitrogens with zero attached hydrogens (tertiary/aromatic N) is 1. The van der Waals surface area contributed by atoms with Crippen LogP contribution in [0, 0.1) is 12.7 Å². The highest BCUT2D eigenvalue weighted by Gasteiger charge is 2.10. The van der Waals surface area contributed by atoms with Crippen molar-refractivity contribution in [3.8, 4) is 0 Å². The summed E-state index contributed by atoms with van der Waals surface area (Å²) in [5.74, 6) is -0.911. The van der Waals surface area contributed by atoms with Crippen LogP contribution in [0.2, 0.25) is 0 Å². The second-order valence-corrected chi connectivity index (χ2v) is 5.49. The minimum Gasteiger partial charge on any atom is -0.333 e. The van der Waals surface area contributed by atoms with Crippen LogP contribution in [0.4, 0.5) is 10.1 Å². The number of likely N-dealkylation sites (N-methyl/N-ethyl adjacent to an activating group) is 1. The SMILES string of the molecule is Cc1ccc(NC(=O)CN(C)C(=O)/C=C/c2ccc(F)cc2)cc1. The smallest absolute Gasteiger partial charge is 0.246 e. The molecule has 0 aliphatic carbocycles. The van der Waals surface area contributed by atoms with Crippen molar-refractivity contribution in [2.45, 2.75) is 6.92 Å². The lowest BCUT2D eigenvalue weighted by atomic mass is 10.2. The first-order valence-electron chi connectivity index (χ1n) is 7.49. The summed E-state index contributed by atoms with van der Waals surface area (Å²) in [5, 5.41) is 2.74. The van der Waals surface area contributed by atoms with Crippen LogP contribution in [-0.2, 0) is 9.59 Å². The third-order valence-corrected chi connectivity index (χ3v) is 3.38. The zero-order valence-electron chi connectivity index (χ0n) is 13.6. The van der Waals surface area contributed by atoms with Gasteiger partial charge in [-0.05, 0) is 42.8 Å². The second kappa shape index (κ2) is 8.06. The third-order valence-electron chi connectivity index (χ3n) is 3.38. The Morgan fingerprint density at radius 3 is 2.33 bits per heavy atom. The Bertz CT molecular complexity index is 737. The highest BCUT2D eigenvalue weighted by molar-refractivity contribution is 5.97. The molecule has 0 unspecified atom stereocenters. The number of carbonyl (C=O) groups is 2. The molecule has 124 valence electrons. The summed E-state index contributed by atoms with van der Waals surface area (Å²) in [6.07, 6.45) is 2.93. The molecule has 2 aromatic carbocycles. The predicted molar refractivity (Wildman–Crippen MR) is 92.9 cm³/mol. The van der Waals surface area contributed by atoms with Crippen molar-refractivity contribution in [3.05, 3.63) is 71.6 Å². The molecule has 0 spiro atoms. The van der Waals surface area contributed by atoms with Crippen LogP contribution in [0.25, 0.3) is 6.08 Å². The Balaban J connectivity index is 1.87. The van der Waals surface area contributed by atoms with E-state index in [0.29, 0.717) is 11.3 Å². The zero-order valence-corrected chi connectivity index (χ0v) is 13.6. The van der Waals surface area contributed by atoms with E-state index in [1.807, 2.05) is 31.2 Å². The monoisotopic (exact) mass is 326 g/mol. The van der Waals surface area contributed by atoms with E-state index in [9.17, 15) is 14.0 Å². The number of rotatable bonds is 5. The lowest BCUT2D eigenvalue weighted by Gasteiger charge is -2.15. The lowest BCUT2D eigenvalue weighted by molar-refractivity contribution is -0.129. The van der Waals surface area contributed by atoms with Gasteiger partial charge < -0.3 is 10.2 Å². The molecule has 2 aromatic rings. The van der Waals surface area contributed by atoms with Gasteiger partial charge in [0.15, 0.2) is 0 Å². The fraction of sp³-hybridized carbons (Fsp3) is 0.158. The Morgan fingerprint density at radius 1 is 1.08 bits per heavy atom. The van der Waals surface area contributed by atoms with Crippen molar-refractivity contribution in [3.63, 3.8) is 0 Å². The molecule has 0 saturated carbocycles. The standard InChI is InChI=1S/C19H19FN2O2/c1-14-3-10-17(11-4-14)21-18(23)13-22(2)19(24)12-7-15-5-8-16(20)9-6-15/h3-12H,13H2,1-2H3,(H,21,23)/b12-7+. The number of nitrogens with one attached hydrogen (secondary N) is 1. The van der Waals surface area contributed by atoms with Gasteiger partial charge in [0.2, 0.25) is 11.8 Å². The van der Waals surface area contributed by atoms with E-state index in [1.54, 1.807) is 25.3 Å². The van der Waals surface area contributed by atoms with Crippen LogP contribution in [0.15, 0.2) is 54.6 Å². The van der Waals surface area contributed by atoms with Gasteiger partial charge in [0.05, 0.1) is 6.54 Å². The molecule has 24 heavy (non-hydrogen) atoms. The number of benzene rings is 2. The Hall–Kier alpha value is -2.95. The van der Waals surface area contributed by atoms with Crippen LogP contribution >= 0.6 is 0 Å². The van der Waals surface area contributed by atoms with E-state index in [-0.39, 0.29) is 24.2 Å². The molecule has 0 aliphatic rings. The minimum atomic E-state index is -0.330. The molecule has 2 rings (SSSR count). The van der Waals surface area contributed by atoms with Gasteiger partial charge in [0.1, 0.15) is 5.82 Å². The fourth-order valence-corrected chi connectivity index (χ4v) is 2.00. The Kier molecular flexibility index (Phi) is 5.84. The molecule has 5 heteroatoms. The fourth-order valence-electron chi connectivity index (χ4n) is 2.00. The molecular formula is C19H19FN2O2. The van der Waals surface area contributed by atoms with Gasteiger partial charge in [-0.25, -0.2) is 4.39 Å². The van der Waals surface area contributed by atoms with Crippen molar-refractivity contribution in [2.24, 2.45) is 0 Å². The van der Waals surface area contributed by atoms with Gasteiger partial charge in [-0.15, -0.1) is 0 Å². The van der Waals surface area contributed by atoms with E-state index < -0.39 is 0 Å². The first kappa shape index (κ1) is 17.4. The summed E-state index contributed by atoms with van der Waals surface area (Å²) in [4.78, 5) is 25.3. The van der Waals surface area contributed by atoms with Crippen molar-refractivity contribution >= 4 is 23.6 Å². The summed E-state index contributed by atoms with van der Waals surface area (Å²) in [5.41, 5.74) is 2.50.